The second kappa shape index (κ2) is 5.38. The minimum absolute atomic E-state index is 0.106. The van der Waals surface area contributed by atoms with Crippen molar-refractivity contribution in [2.45, 2.75) is 48.1 Å². The lowest BCUT2D eigenvalue weighted by Crippen LogP contribution is -2.52. The zero-order chi connectivity index (χ0) is 13.4. The molecule has 0 aliphatic carbocycles. The van der Waals surface area contributed by atoms with Gasteiger partial charge in [-0.15, -0.1) is 0 Å². The molecule has 0 radical (unpaired) electrons. The lowest BCUT2D eigenvalue weighted by atomic mass is 9.86. The number of nitrogens with zero attached hydrogens (tertiary/aromatic N) is 1. The highest BCUT2D eigenvalue weighted by molar-refractivity contribution is 14.1. The maximum absolute atomic E-state index is 13.0. The summed E-state index contributed by atoms with van der Waals surface area (Å²) >= 11 is 2.26. The number of piperidine rings is 2. The molecular formula is C15H17FINO. The highest BCUT2D eigenvalue weighted by Gasteiger charge is 2.40. The molecular weight excluding hydrogens is 356 g/mol. The van der Waals surface area contributed by atoms with Crippen molar-refractivity contribution in [2.24, 2.45) is 0 Å². The van der Waals surface area contributed by atoms with Crippen LogP contribution in [0.1, 0.15) is 43.7 Å². The number of hydrogen-bond donors (Lipinski definition) is 0. The quantitative estimate of drug-likeness (QED) is 0.541. The summed E-state index contributed by atoms with van der Waals surface area (Å²) in [6.07, 6.45) is 5.38. The van der Waals surface area contributed by atoms with Crippen LogP contribution in [0.4, 0.5) is 4.39 Å². The fraction of sp³-hybridized carbons (Fsp3) is 0.533. The zero-order valence-corrected chi connectivity index (χ0v) is 12.8. The monoisotopic (exact) mass is 373 g/mol. The van der Waals surface area contributed by atoms with Gasteiger partial charge >= 0.3 is 0 Å². The summed E-state index contributed by atoms with van der Waals surface area (Å²) in [5.74, 6) is 0.0544. The number of alkyl halides is 1. The molecule has 0 N–H and O–H groups in total. The molecule has 3 rings (SSSR count). The van der Waals surface area contributed by atoms with E-state index in [0.29, 0.717) is 6.04 Å². The number of amides is 1. The Balaban J connectivity index is 1.91. The van der Waals surface area contributed by atoms with Gasteiger partial charge in [0.05, 0.1) is 9.97 Å². The van der Waals surface area contributed by atoms with Crippen LogP contribution in [0.2, 0.25) is 0 Å². The third-order valence-corrected chi connectivity index (χ3v) is 5.43. The number of rotatable bonds is 1. The van der Waals surface area contributed by atoms with Gasteiger partial charge in [0.15, 0.2) is 0 Å². The fourth-order valence-electron chi connectivity index (χ4n) is 3.33. The third kappa shape index (κ3) is 2.51. The summed E-state index contributed by atoms with van der Waals surface area (Å²) < 4.78 is 13.2. The minimum Gasteiger partial charge on any atom is -0.332 e. The fourth-order valence-corrected chi connectivity index (χ4v) is 4.01. The van der Waals surface area contributed by atoms with E-state index in [4.69, 9.17) is 0 Å². The first-order valence-electron chi connectivity index (χ1n) is 6.88. The lowest BCUT2D eigenvalue weighted by molar-refractivity contribution is -0.140. The molecule has 102 valence electrons. The highest BCUT2D eigenvalue weighted by atomic mass is 127. The molecule has 2 aliphatic rings. The minimum atomic E-state index is -0.215. The Kier molecular flexibility index (Phi) is 3.78. The summed E-state index contributed by atoms with van der Waals surface area (Å²) in [6.45, 7) is 0. The Morgan fingerprint density at radius 2 is 1.84 bits per heavy atom. The van der Waals surface area contributed by atoms with Crippen LogP contribution in [0.15, 0.2) is 24.3 Å². The van der Waals surface area contributed by atoms with E-state index in [1.807, 2.05) is 12.1 Å². The number of hydrogen-bond acceptors (Lipinski definition) is 1. The molecule has 0 bridgehead atoms. The van der Waals surface area contributed by atoms with Crippen LogP contribution in [0.25, 0.3) is 0 Å². The van der Waals surface area contributed by atoms with E-state index in [9.17, 15) is 9.18 Å². The first kappa shape index (κ1) is 13.3. The SMILES string of the molecule is O=C1C(I)CC[C@H]2CCC[C@@H](c3ccc(F)cc3)N12. The second-order valence-electron chi connectivity index (χ2n) is 5.44. The molecule has 3 atom stereocenters. The van der Waals surface area contributed by atoms with Gasteiger partial charge in [0.1, 0.15) is 5.82 Å². The van der Waals surface area contributed by atoms with Crippen LogP contribution in [0.3, 0.4) is 0 Å². The topological polar surface area (TPSA) is 20.3 Å². The van der Waals surface area contributed by atoms with E-state index >= 15 is 0 Å². The summed E-state index contributed by atoms with van der Waals surface area (Å²) in [6, 6.07) is 7.18. The maximum Gasteiger partial charge on any atom is 0.236 e. The summed E-state index contributed by atoms with van der Waals surface area (Å²) in [5, 5.41) is 0. The third-order valence-electron chi connectivity index (χ3n) is 4.27. The summed E-state index contributed by atoms with van der Waals surface area (Å²) in [7, 11) is 0. The standard InChI is InChI=1S/C15H17FINO/c16-11-6-4-10(5-7-11)14-3-1-2-12-8-9-13(17)15(19)18(12)14/h4-7,12-14H,1-3,8-9H2/t12-,13?,14+/m1/s1. The Labute approximate surface area is 126 Å². The van der Waals surface area contributed by atoms with Crippen molar-refractivity contribution >= 4 is 28.5 Å². The molecule has 0 aromatic heterocycles. The van der Waals surface area contributed by atoms with Gasteiger partial charge in [-0.25, -0.2) is 4.39 Å². The number of benzene rings is 1. The molecule has 19 heavy (non-hydrogen) atoms. The molecule has 4 heteroatoms. The van der Waals surface area contributed by atoms with Crippen LogP contribution in [-0.2, 0) is 4.79 Å². The molecule has 2 fully saturated rings. The van der Waals surface area contributed by atoms with Crippen molar-refractivity contribution in [3.63, 3.8) is 0 Å². The molecule has 0 spiro atoms. The van der Waals surface area contributed by atoms with E-state index in [1.54, 1.807) is 0 Å². The van der Waals surface area contributed by atoms with E-state index in [-0.39, 0.29) is 21.7 Å². The first-order valence-corrected chi connectivity index (χ1v) is 8.13. The van der Waals surface area contributed by atoms with Crippen molar-refractivity contribution in [1.82, 2.24) is 4.90 Å². The lowest BCUT2D eigenvalue weighted by Gasteiger charge is -2.46. The average Bonchev–Trinajstić information content (AvgIpc) is 2.43. The average molecular weight is 373 g/mol. The summed E-state index contributed by atoms with van der Waals surface area (Å²) in [4.78, 5) is 14.5. The van der Waals surface area contributed by atoms with E-state index < -0.39 is 0 Å². The van der Waals surface area contributed by atoms with E-state index in [1.165, 1.54) is 12.1 Å². The Morgan fingerprint density at radius 3 is 2.58 bits per heavy atom. The first-order chi connectivity index (χ1) is 9.16. The number of fused-ring (bicyclic) bond motifs is 1. The van der Waals surface area contributed by atoms with Crippen molar-refractivity contribution in [1.29, 1.82) is 0 Å². The predicted molar refractivity (Wildman–Crippen MR) is 80.7 cm³/mol. The van der Waals surface area contributed by atoms with Crippen LogP contribution < -0.4 is 0 Å². The van der Waals surface area contributed by atoms with Gasteiger partial charge in [-0.3, -0.25) is 4.79 Å². The van der Waals surface area contributed by atoms with Crippen LogP contribution >= 0.6 is 22.6 Å². The van der Waals surface area contributed by atoms with Gasteiger partial charge in [-0.1, -0.05) is 34.7 Å². The zero-order valence-electron chi connectivity index (χ0n) is 10.7. The second-order valence-corrected chi connectivity index (χ2v) is 6.95. The van der Waals surface area contributed by atoms with Gasteiger partial charge in [0, 0.05) is 6.04 Å². The van der Waals surface area contributed by atoms with E-state index in [0.717, 1.165) is 37.7 Å². The number of carbonyl (C=O) groups is 1. The highest BCUT2D eigenvalue weighted by Crippen LogP contribution is 2.40. The van der Waals surface area contributed by atoms with Crippen LogP contribution in [0, 0.1) is 5.82 Å². The largest absolute Gasteiger partial charge is 0.332 e. The van der Waals surface area contributed by atoms with Crippen molar-refractivity contribution in [3.05, 3.63) is 35.6 Å². The Morgan fingerprint density at radius 1 is 1.11 bits per heavy atom. The number of halogens is 2. The smallest absolute Gasteiger partial charge is 0.236 e. The van der Waals surface area contributed by atoms with Gasteiger partial charge in [0.2, 0.25) is 5.91 Å². The normalized spacial score (nSPS) is 31.2. The van der Waals surface area contributed by atoms with E-state index in [2.05, 4.69) is 27.5 Å². The maximum atomic E-state index is 13.0. The van der Waals surface area contributed by atoms with Gasteiger partial charge in [0.25, 0.3) is 0 Å². The Bertz CT molecular complexity index is 476. The molecule has 1 unspecified atom stereocenters. The van der Waals surface area contributed by atoms with Crippen molar-refractivity contribution in [3.8, 4) is 0 Å². The molecule has 2 saturated heterocycles. The van der Waals surface area contributed by atoms with Gasteiger partial charge in [-0.2, -0.15) is 0 Å². The van der Waals surface area contributed by atoms with Crippen molar-refractivity contribution in [2.75, 3.05) is 0 Å². The molecule has 2 nitrogen and oxygen atoms in total. The van der Waals surface area contributed by atoms with Crippen molar-refractivity contribution < 1.29 is 9.18 Å². The Hall–Kier alpha value is -0.650. The van der Waals surface area contributed by atoms with Gasteiger partial charge < -0.3 is 4.90 Å². The molecule has 1 aromatic rings. The molecule has 1 amide bonds. The predicted octanol–water partition coefficient (Wildman–Crippen LogP) is 3.85. The van der Waals surface area contributed by atoms with Crippen LogP contribution in [0.5, 0.6) is 0 Å². The number of carbonyl (C=O) groups excluding carboxylic acids is 1. The molecule has 2 aliphatic heterocycles. The van der Waals surface area contributed by atoms with Crippen LogP contribution in [-0.4, -0.2) is 20.8 Å². The molecule has 0 saturated carbocycles. The molecule has 1 aromatic carbocycles. The summed E-state index contributed by atoms with van der Waals surface area (Å²) in [5.41, 5.74) is 1.07. The molecule has 2 heterocycles. The van der Waals surface area contributed by atoms with Gasteiger partial charge in [-0.05, 0) is 49.8 Å².